The first-order chi connectivity index (χ1) is 11.0. The van der Waals surface area contributed by atoms with Gasteiger partial charge in [0.05, 0.1) is 0 Å². The van der Waals surface area contributed by atoms with Gasteiger partial charge in [-0.15, -0.1) is 0 Å². The predicted octanol–water partition coefficient (Wildman–Crippen LogP) is 2.05. The number of hydrogen-bond donors (Lipinski definition) is 2. The molecule has 3 unspecified atom stereocenters. The minimum absolute atomic E-state index is 0.0264. The molecule has 5 nitrogen and oxygen atoms in total. The molecule has 2 amide bonds. The van der Waals surface area contributed by atoms with Gasteiger partial charge in [0.15, 0.2) is 0 Å². The number of piperidine rings is 1. The highest BCUT2D eigenvalue weighted by Crippen LogP contribution is 2.26. The first-order valence-corrected chi connectivity index (χ1v) is 9.31. The maximum Gasteiger partial charge on any atom is 0.244 e. The minimum Gasteiger partial charge on any atom is -0.345 e. The topological polar surface area (TPSA) is 75.4 Å². The summed E-state index contributed by atoms with van der Waals surface area (Å²) in [5.41, 5.74) is 5.98. The average Bonchev–Trinajstić information content (AvgIpc) is 2.55. The first kappa shape index (κ1) is 18.2. The lowest BCUT2D eigenvalue weighted by atomic mass is 9.87. The van der Waals surface area contributed by atoms with E-state index in [2.05, 4.69) is 5.32 Å². The van der Waals surface area contributed by atoms with Crippen LogP contribution in [0.1, 0.15) is 65.2 Å². The number of amides is 2. The highest BCUT2D eigenvalue weighted by Gasteiger charge is 2.29. The fourth-order valence-electron chi connectivity index (χ4n) is 3.93. The van der Waals surface area contributed by atoms with Crippen molar-refractivity contribution in [3.8, 4) is 0 Å². The quantitative estimate of drug-likeness (QED) is 0.813. The molecule has 132 valence electrons. The Morgan fingerprint density at radius 3 is 2.48 bits per heavy atom. The number of likely N-dealkylation sites (tertiary alicyclic amines) is 1. The van der Waals surface area contributed by atoms with Crippen LogP contribution in [-0.4, -0.2) is 41.9 Å². The van der Waals surface area contributed by atoms with E-state index in [-0.39, 0.29) is 17.9 Å². The highest BCUT2D eigenvalue weighted by atomic mass is 16.2. The van der Waals surface area contributed by atoms with Gasteiger partial charge in [0.1, 0.15) is 6.04 Å². The molecule has 2 fully saturated rings. The van der Waals surface area contributed by atoms with E-state index in [9.17, 15) is 9.59 Å². The molecule has 0 radical (unpaired) electrons. The van der Waals surface area contributed by atoms with Gasteiger partial charge in [0.25, 0.3) is 0 Å². The molecule has 1 saturated heterocycles. The van der Waals surface area contributed by atoms with E-state index < -0.39 is 6.04 Å². The number of carbonyl (C=O) groups is 2. The molecule has 0 spiro atoms. The molecule has 0 aromatic rings. The zero-order valence-electron chi connectivity index (χ0n) is 14.7. The number of hydrogen-bond acceptors (Lipinski definition) is 3. The second-order valence-corrected chi connectivity index (χ2v) is 7.54. The SMILES string of the molecule is CC(NC(=O)CC1CCCCC1)C(=O)N1CCCC(C(C)N)C1. The number of rotatable bonds is 5. The fourth-order valence-corrected chi connectivity index (χ4v) is 3.93. The molecular formula is C18H33N3O2. The van der Waals surface area contributed by atoms with Gasteiger partial charge in [0.2, 0.25) is 11.8 Å². The van der Waals surface area contributed by atoms with Crippen molar-refractivity contribution in [1.82, 2.24) is 10.2 Å². The third-order valence-corrected chi connectivity index (χ3v) is 5.46. The van der Waals surface area contributed by atoms with Crippen molar-refractivity contribution in [2.45, 2.75) is 77.3 Å². The van der Waals surface area contributed by atoms with Gasteiger partial charge in [-0.25, -0.2) is 0 Å². The van der Waals surface area contributed by atoms with Crippen LogP contribution in [-0.2, 0) is 9.59 Å². The summed E-state index contributed by atoms with van der Waals surface area (Å²) in [5.74, 6) is 0.937. The molecule has 1 heterocycles. The number of nitrogens with zero attached hydrogens (tertiary/aromatic N) is 1. The molecule has 0 aromatic heterocycles. The third kappa shape index (κ3) is 5.48. The van der Waals surface area contributed by atoms with Crippen molar-refractivity contribution in [2.75, 3.05) is 13.1 Å². The second-order valence-electron chi connectivity index (χ2n) is 7.54. The lowest BCUT2D eigenvalue weighted by Gasteiger charge is -2.36. The Balaban J connectivity index is 1.78. The van der Waals surface area contributed by atoms with Gasteiger partial charge in [-0.05, 0) is 51.4 Å². The molecule has 5 heteroatoms. The summed E-state index contributed by atoms with van der Waals surface area (Å²) in [6.45, 7) is 5.31. The van der Waals surface area contributed by atoms with Gasteiger partial charge >= 0.3 is 0 Å². The Kier molecular flexibility index (Phi) is 6.88. The van der Waals surface area contributed by atoms with Crippen LogP contribution in [0.15, 0.2) is 0 Å². The van der Waals surface area contributed by atoms with E-state index in [0.717, 1.165) is 38.8 Å². The first-order valence-electron chi connectivity index (χ1n) is 9.31. The summed E-state index contributed by atoms with van der Waals surface area (Å²) < 4.78 is 0. The Hall–Kier alpha value is -1.10. The van der Waals surface area contributed by atoms with Crippen LogP contribution in [0.3, 0.4) is 0 Å². The summed E-state index contributed by atoms with van der Waals surface area (Å²) in [4.78, 5) is 26.6. The Labute approximate surface area is 140 Å². The number of nitrogens with two attached hydrogens (primary N) is 1. The normalized spacial score (nSPS) is 25.7. The summed E-state index contributed by atoms with van der Waals surface area (Å²) in [6.07, 6.45) is 8.72. The average molecular weight is 323 g/mol. The zero-order chi connectivity index (χ0) is 16.8. The molecule has 3 N–H and O–H groups in total. The van der Waals surface area contributed by atoms with Gasteiger partial charge in [-0.1, -0.05) is 19.3 Å². The van der Waals surface area contributed by atoms with E-state index in [1.807, 2.05) is 11.8 Å². The van der Waals surface area contributed by atoms with Crippen molar-refractivity contribution < 1.29 is 9.59 Å². The number of carbonyl (C=O) groups excluding carboxylic acids is 2. The second kappa shape index (κ2) is 8.67. The van der Waals surface area contributed by atoms with Crippen LogP contribution in [0.5, 0.6) is 0 Å². The van der Waals surface area contributed by atoms with Crippen molar-refractivity contribution in [2.24, 2.45) is 17.6 Å². The fraction of sp³-hybridized carbons (Fsp3) is 0.889. The van der Waals surface area contributed by atoms with E-state index in [0.29, 0.717) is 18.3 Å². The molecule has 23 heavy (non-hydrogen) atoms. The molecule has 1 aliphatic heterocycles. The summed E-state index contributed by atoms with van der Waals surface area (Å²) in [6, 6.07) is -0.320. The minimum atomic E-state index is -0.432. The lowest BCUT2D eigenvalue weighted by molar-refractivity contribution is -0.137. The van der Waals surface area contributed by atoms with E-state index >= 15 is 0 Å². The summed E-state index contributed by atoms with van der Waals surface area (Å²) >= 11 is 0. The van der Waals surface area contributed by atoms with Gasteiger partial charge in [-0.2, -0.15) is 0 Å². The molecule has 0 aromatic carbocycles. The van der Waals surface area contributed by atoms with Gasteiger partial charge in [-0.3, -0.25) is 9.59 Å². The maximum atomic E-state index is 12.6. The van der Waals surface area contributed by atoms with E-state index in [4.69, 9.17) is 5.73 Å². The van der Waals surface area contributed by atoms with Crippen LogP contribution in [0.2, 0.25) is 0 Å². The van der Waals surface area contributed by atoms with Crippen LogP contribution in [0.25, 0.3) is 0 Å². The largest absolute Gasteiger partial charge is 0.345 e. The Bertz CT molecular complexity index is 405. The molecule has 0 bridgehead atoms. The summed E-state index contributed by atoms with van der Waals surface area (Å²) in [5, 5.41) is 2.91. The predicted molar refractivity (Wildman–Crippen MR) is 91.8 cm³/mol. The van der Waals surface area contributed by atoms with E-state index in [1.165, 1.54) is 19.3 Å². The van der Waals surface area contributed by atoms with E-state index in [1.54, 1.807) is 6.92 Å². The molecule has 2 aliphatic rings. The lowest BCUT2D eigenvalue weighted by Crippen LogP contribution is -2.52. The third-order valence-electron chi connectivity index (χ3n) is 5.46. The smallest absolute Gasteiger partial charge is 0.244 e. The van der Waals surface area contributed by atoms with Crippen molar-refractivity contribution in [3.05, 3.63) is 0 Å². The zero-order valence-corrected chi connectivity index (χ0v) is 14.7. The van der Waals surface area contributed by atoms with Crippen molar-refractivity contribution in [1.29, 1.82) is 0 Å². The Morgan fingerprint density at radius 2 is 1.83 bits per heavy atom. The molecule has 3 atom stereocenters. The monoisotopic (exact) mass is 323 g/mol. The molecule has 1 aliphatic carbocycles. The van der Waals surface area contributed by atoms with Gasteiger partial charge < -0.3 is 16.0 Å². The molecular weight excluding hydrogens is 290 g/mol. The number of nitrogens with one attached hydrogen (secondary N) is 1. The highest BCUT2D eigenvalue weighted by molar-refractivity contribution is 5.87. The summed E-state index contributed by atoms with van der Waals surface area (Å²) in [7, 11) is 0. The van der Waals surface area contributed by atoms with Crippen LogP contribution >= 0.6 is 0 Å². The van der Waals surface area contributed by atoms with Gasteiger partial charge in [0, 0.05) is 25.6 Å². The van der Waals surface area contributed by atoms with Crippen molar-refractivity contribution in [3.63, 3.8) is 0 Å². The van der Waals surface area contributed by atoms with Crippen LogP contribution in [0.4, 0.5) is 0 Å². The standard InChI is InChI=1S/C18H33N3O2/c1-13(19)16-9-6-10-21(12-16)18(23)14(2)20-17(22)11-15-7-4-3-5-8-15/h13-16H,3-12,19H2,1-2H3,(H,20,22). The van der Waals surface area contributed by atoms with Crippen LogP contribution in [0, 0.1) is 11.8 Å². The van der Waals surface area contributed by atoms with Crippen LogP contribution < -0.4 is 11.1 Å². The maximum absolute atomic E-state index is 12.6. The molecule has 2 rings (SSSR count). The van der Waals surface area contributed by atoms with Crippen molar-refractivity contribution >= 4 is 11.8 Å². The Morgan fingerprint density at radius 1 is 1.13 bits per heavy atom. The molecule has 1 saturated carbocycles.